The highest BCUT2D eigenvalue weighted by molar-refractivity contribution is 5.59. The third-order valence-electron chi connectivity index (χ3n) is 12.3. The van der Waals surface area contributed by atoms with Crippen LogP contribution in [-0.4, -0.2) is 4.57 Å². The molecular formula is C55H61N2+. The molecule has 1 aromatic heterocycles. The van der Waals surface area contributed by atoms with E-state index in [1.54, 1.807) is 0 Å². The Labute approximate surface area is 342 Å². The van der Waals surface area contributed by atoms with Crippen molar-refractivity contribution in [1.82, 2.24) is 4.57 Å². The molecule has 0 aliphatic rings. The molecule has 7 rings (SSSR count). The van der Waals surface area contributed by atoms with Crippen molar-refractivity contribution in [2.75, 3.05) is 0 Å². The summed E-state index contributed by atoms with van der Waals surface area (Å²) in [7, 11) is 0. The fourth-order valence-corrected chi connectivity index (χ4v) is 8.45. The maximum Gasteiger partial charge on any atom is 0.254 e. The summed E-state index contributed by atoms with van der Waals surface area (Å²) in [6.45, 7) is 23.5. The molecule has 2 nitrogen and oxygen atoms in total. The van der Waals surface area contributed by atoms with Crippen molar-refractivity contribution in [3.63, 3.8) is 0 Å². The van der Waals surface area contributed by atoms with Crippen molar-refractivity contribution >= 4 is 0 Å². The average molecular weight is 750 g/mol. The SMILES string of the molecule is CC(c1ccccc1)c1cc(C(C)(C)C)cc(C(C)c2ccccc2)c1-n1cc[n+](-c2c(C(C)c3ccccc3)cc(C(C)(C)C)cc2C(C)c2ccccc2)c1. The second-order valence-corrected chi connectivity index (χ2v) is 18.3. The van der Waals surface area contributed by atoms with Crippen molar-refractivity contribution in [3.8, 4) is 11.4 Å². The number of nitrogens with zero attached hydrogens (tertiary/aromatic N) is 2. The highest BCUT2D eigenvalue weighted by Gasteiger charge is 2.32. The van der Waals surface area contributed by atoms with Gasteiger partial charge in [-0.2, -0.15) is 0 Å². The average Bonchev–Trinajstić information content (AvgIpc) is 3.72. The van der Waals surface area contributed by atoms with Crippen LogP contribution in [0.3, 0.4) is 0 Å². The quantitative estimate of drug-likeness (QED) is 0.123. The van der Waals surface area contributed by atoms with E-state index in [2.05, 4.69) is 243 Å². The lowest BCUT2D eigenvalue weighted by atomic mass is 9.78. The van der Waals surface area contributed by atoms with E-state index in [1.807, 2.05) is 0 Å². The van der Waals surface area contributed by atoms with Crippen molar-refractivity contribution in [3.05, 3.63) is 220 Å². The molecular weight excluding hydrogens is 689 g/mol. The molecule has 0 N–H and O–H groups in total. The molecule has 0 aliphatic carbocycles. The van der Waals surface area contributed by atoms with Crippen molar-refractivity contribution < 1.29 is 4.57 Å². The molecule has 7 aromatic rings. The van der Waals surface area contributed by atoms with Gasteiger partial charge in [-0.25, -0.2) is 9.13 Å². The molecule has 57 heavy (non-hydrogen) atoms. The summed E-state index contributed by atoms with van der Waals surface area (Å²) in [4.78, 5) is 0. The first-order chi connectivity index (χ1) is 27.2. The van der Waals surface area contributed by atoms with Crippen LogP contribution >= 0.6 is 0 Å². The van der Waals surface area contributed by atoms with Crippen molar-refractivity contribution in [1.29, 1.82) is 0 Å². The molecule has 0 saturated carbocycles. The van der Waals surface area contributed by atoms with Gasteiger partial charge in [-0.3, -0.25) is 0 Å². The van der Waals surface area contributed by atoms with Crippen LogP contribution < -0.4 is 4.57 Å². The van der Waals surface area contributed by atoms with Gasteiger partial charge in [0.15, 0.2) is 0 Å². The lowest BCUT2D eigenvalue weighted by molar-refractivity contribution is -0.596. The van der Waals surface area contributed by atoms with Crippen molar-refractivity contribution in [2.45, 2.75) is 104 Å². The van der Waals surface area contributed by atoms with Gasteiger partial charge in [0.05, 0.1) is 0 Å². The zero-order valence-corrected chi connectivity index (χ0v) is 35.8. The molecule has 4 unspecified atom stereocenters. The second kappa shape index (κ2) is 16.2. The van der Waals surface area contributed by atoms with Gasteiger partial charge in [-0.15, -0.1) is 0 Å². The summed E-state index contributed by atoms with van der Waals surface area (Å²) < 4.78 is 4.84. The molecule has 0 amide bonds. The van der Waals surface area contributed by atoms with Crippen LogP contribution in [-0.2, 0) is 10.8 Å². The summed E-state index contributed by atoms with van der Waals surface area (Å²) in [6.07, 6.45) is 6.93. The second-order valence-electron chi connectivity index (χ2n) is 18.3. The van der Waals surface area contributed by atoms with Crippen molar-refractivity contribution in [2.24, 2.45) is 0 Å². The predicted octanol–water partition coefficient (Wildman–Crippen LogP) is 14.0. The summed E-state index contributed by atoms with van der Waals surface area (Å²) in [6, 6.07) is 54.0. The standard InChI is InChI=1S/C55H61N2/c1-38(42-23-15-11-16-24-42)48-33-46(54(5,6)7)34-49(39(2)43-25-17-12-18-26-43)52(48)56-31-32-57(37-56)53-50(40(3)44-27-19-13-20-28-44)35-47(55(8,9)10)36-51(53)41(4)45-29-21-14-22-30-45/h11-41H,1-10H3/q+1. The van der Waals surface area contributed by atoms with E-state index >= 15 is 0 Å². The Balaban J connectivity index is 1.53. The molecule has 290 valence electrons. The van der Waals surface area contributed by atoms with E-state index < -0.39 is 0 Å². The summed E-state index contributed by atoms with van der Waals surface area (Å²) >= 11 is 0. The van der Waals surface area contributed by atoms with Crippen LogP contribution in [0.15, 0.2) is 164 Å². The Bertz CT molecular complexity index is 2100. The molecule has 0 fully saturated rings. The van der Waals surface area contributed by atoms with Gasteiger partial charge in [0, 0.05) is 45.9 Å². The summed E-state index contributed by atoms with van der Waals surface area (Å²) in [5.41, 5.74) is 15.8. The van der Waals surface area contributed by atoms with E-state index in [0.717, 1.165) is 0 Å². The summed E-state index contributed by atoms with van der Waals surface area (Å²) in [5, 5.41) is 0. The Morgan fingerprint density at radius 1 is 0.421 bits per heavy atom. The van der Waals surface area contributed by atoms with Crippen LogP contribution in [0.2, 0.25) is 0 Å². The van der Waals surface area contributed by atoms with Crippen LogP contribution in [0.1, 0.15) is 149 Å². The molecule has 0 saturated heterocycles. The van der Waals surface area contributed by atoms with Crippen LogP contribution in [0.5, 0.6) is 0 Å². The van der Waals surface area contributed by atoms with Gasteiger partial charge in [0.25, 0.3) is 6.33 Å². The third kappa shape index (κ3) is 8.33. The van der Waals surface area contributed by atoms with Crippen LogP contribution in [0.4, 0.5) is 0 Å². The van der Waals surface area contributed by atoms with Gasteiger partial charge in [-0.05, 0) is 44.2 Å². The van der Waals surface area contributed by atoms with Gasteiger partial charge < -0.3 is 0 Å². The highest BCUT2D eigenvalue weighted by Crippen LogP contribution is 2.42. The number of benzene rings is 6. The van der Waals surface area contributed by atoms with Gasteiger partial charge >= 0.3 is 0 Å². The Morgan fingerprint density at radius 2 is 0.719 bits per heavy atom. The van der Waals surface area contributed by atoms with Crippen LogP contribution in [0, 0.1) is 0 Å². The minimum atomic E-state index is -0.0226. The van der Waals surface area contributed by atoms with E-state index in [1.165, 1.54) is 67.0 Å². The normalized spacial score (nSPS) is 14.2. The van der Waals surface area contributed by atoms with Gasteiger partial charge in [-0.1, -0.05) is 215 Å². The highest BCUT2D eigenvalue weighted by atomic mass is 15.1. The number of hydrogen-bond acceptors (Lipinski definition) is 0. The maximum absolute atomic E-state index is 2.49. The molecule has 0 bridgehead atoms. The molecule has 0 spiro atoms. The minimum Gasteiger partial charge on any atom is -0.201 e. The molecule has 0 aliphatic heterocycles. The first-order valence-corrected chi connectivity index (χ1v) is 20.9. The van der Waals surface area contributed by atoms with E-state index in [0.29, 0.717) is 0 Å². The molecule has 0 radical (unpaired) electrons. The van der Waals surface area contributed by atoms with E-state index in [9.17, 15) is 0 Å². The zero-order chi connectivity index (χ0) is 40.5. The fourth-order valence-electron chi connectivity index (χ4n) is 8.45. The predicted molar refractivity (Wildman–Crippen MR) is 241 cm³/mol. The maximum atomic E-state index is 2.49. The monoisotopic (exact) mass is 749 g/mol. The zero-order valence-electron chi connectivity index (χ0n) is 35.8. The first-order valence-electron chi connectivity index (χ1n) is 20.9. The van der Waals surface area contributed by atoms with E-state index in [4.69, 9.17) is 0 Å². The molecule has 2 heteroatoms. The number of hydrogen-bond donors (Lipinski definition) is 0. The Kier molecular flexibility index (Phi) is 11.3. The van der Waals surface area contributed by atoms with E-state index in [-0.39, 0.29) is 34.5 Å². The largest absolute Gasteiger partial charge is 0.254 e. The van der Waals surface area contributed by atoms with Gasteiger partial charge in [0.2, 0.25) is 0 Å². The lowest BCUT2D eigenvalue weighted by Gasteiger charge is -2.28. The summed E-state index contributed by atoms with van der Waals surface area (Å²) in [5.74, 6) is 0.702. The molecule has 1 heterocycles. The Morgan fingerprint density at radius 3 is 1.04 bits per heavy atom. The fraction of sp³-hybridized carbons (Fsp3) is 0.291. The lowest BCUT2D eigenvalue weighted by Crippen LogP contribution is -2.33. The Hall–Kier alpha value is -5.47. The molecule has 6 aromatic carbocycles. The number of imidazole rings is 1. The topological polar surface area (TPSA) is 8.81 Å². The van der Waals surface area contributed by atoms with Gasteiger partial charge in [0.1, 0.15) is 23.8 Å². The number of rotatable bonds is 10. The smallest absolute Gasteiger partial charge is 0.201 e. The molecule has 4 atom stereocenters. The van der Waals surface area contributed by atoms with Crippen LogP contribution in [0.25, 0.3) is 11.4 Å². The first kappa shape index (κ1) is 39.8. The number of aromatic nitrogens is 2. The minimum absolute atomic E-state index is 0.0226. The third-order valence-corrected chi connectivity index (χ3v) is 12.3.